The largest absolute Gasteiger partial charge is 0.327 e. The van der Waals surface area contributed by atoms with Gasteiger partial charge in [-0.1, -0.05) is 6.92 Å². The average Bonchev–Trinajstić information content (AvgIpc) is 2.68. The number of imidazole rings is 1. The zero-order valence-corrected chi connectivity index (χ0v) is 13.9. The molecular weight excluding hydrogens is 351 g/mol. The summed E-state index contributed by atoms with van der Waals surface area (Å²) < 4.78 is 16.1. The van der Waals surface area contributed by atoms with Crippen molar-refractivity contribution < 1.29 is 4.39 Å². The predicted molar refractivity (Wildman–Crippen MR) is 84.5 cm³/mol. The van der Waals surface area contributed by atoms with Crippen LogP contribution in [0.5, 0.6) is 0 Å². The second kappa shape index (κ2) is 6.46. The van der Waals surface area contributed by atoms with E-state index in [0.717, 1.165) is 23.6 Å². The van der Waals surface area contributed by atoms with Gasteiger partial charge in [-0.3, -0.25) is 0 Å². The fraction of sp³-hybridized carbons (Fsp3) is 0.462. The van der Waals surface area contributed by atoms with Crippen molar-refractivity contribution in [2.75, 3.05) is 12.0 Å². The predicted octanol–water partition coefficient (Wildman–Crippen LogP) is 4.68. The molecule has 104 valence electrons. The summed E-state index contributed by atoms with van der Waals surface area (Å²) in [6.45, 7) is 3.04. The van der Waals surface area contributed by atoms with Crippen molar-refractivity contribution in [2.24, 2.45) is 5.92 Å². The molecule has 0 N–H and O–H groups in total. The van der Waals surface area contributed by atoms with E-state index >= 15 is 0 Å². The monoisotopic (exact) mass is 364 g/mol. The normalized spacial score (nSPS) is 13.1. The molecule has 2 aromatic rings. The first-order valence-electron chi connectivity index (χ1n) is 5.95. The standard InChI is InChI=1S/C13H15BrClFN2S/c1-8(7-19-2)6-18-12-3-9(14)10(16)4-11(12)17-13(18)5-15/h3-4,8H,5-7H2,1-2H3. The molecule has 1 heterocycles. The fourth-order valence-electron chi connectivity index (χ4n) is 2.12. The summed E-state index contributed by atoms with van der Waals surface area (Å²) in [5, 5.41) is 0. The smallest absolute Gasteiger partial charge is 0.139 e. The summed E-state index contributed by atoms with van der Waals surface area (Å²) in [5.41, 5.74) is 1.59. The highest BCUT2D eigenvalue weighted by Crippen LogP contribution is 2.26. The van der Waals surface area contributed by atoms with Crippen molar-refractivity contribution in [3.63, 3.8) is 0 Å². The molecular formula is C13H15BrClFN2S. The van der Waals surface area contributed by atoms with Crippen LogP contribution in [0.3, 0.4) is 0 Å². The molecule has 0 bridgehead atoms. The molecule has 0 fully saturated rings. The number of rotatable bonds is 5. The van der Waals surface area contributed by atoms with Crippen molar-refractivity contribution in [3.05, 3.63) is 28.2 Å². The Morgan fingerprint density at radius 3 is 2.89 bits per heavy atom. The minimum absolute atomic E-state index is 0.296. The first-order chi connectivity index (χ1) is 9.06. The molecule has 0 saturated carbocycles. The van der Waals surface area contributed by atoms with E-state index in [1.165, 1.54) is 6.07 Å². The van der Waals surface area contributed by atoms with Gasteiger partial charge in [-0.25, -0.2) is 9.37 Å². The molecule has 1 aromatic heterocycles. The quantitative estimate of drug-likeness (QED) is 0.716. The van der Waals surface area contributed by atoms with Crippen LogP contribution in [0.25, 0.3) is 11.0 Å². The first kappa shape index (κ1) is 15.1. The molecule has 0 aliphatic heterocycles. The van der Waals surface area contributed by atoms with Crippen LogP contribution in [0.4, 0.5) is 4.39 Å². The Labute approximate surface area is 129 Å². The molecule has 0 spiro atoms. The van der Waals surface area contributed by atoms with Gasteiger partial charge in [0.05, 0.1) is 21.4 Å². The second-order valence-corrected chi connectivity index (χ2v) is 6.62. The van der Waals surface area contributed by atoms with E-state index in [0.29, 0.717) is 21.8 Å². The van der Waals surface area contributed by atoms with Crippen LogP contribution >= 0.6 is 39.3 Å². The van der Waals surface area contributed by atoms with Crippen LogP contribution in [0.1, 0.15) is 12.7 Å². The maximum absolute atomic E-state index is 13.5. The minimum atomic E-state index is -0.296. The van der Waals surface area contributed by atoms with Crippen LogP contribution in [-0.4, -0.2) is 21.6 Å². The van der Waals surface area contributed by atoms with Crippen LogP contribution in [-0.2, 0) is 12.4 Å². The van der Waals surface area contributed by atoms with Gasteiger partial charge in [0.2, 0.25) is 0 Å². The Balaban J connectivity index is 2.47. The van der Waals surface area contributed by atoms with Crippen molar-refractivity contribution in [3.8, 4) is 0 Å². The van der Waals surface area contributed by atoms with E-state index in [1.54, 1.807) is 6.07 Å². The Bertz CT molecular complexity index is 588. The Hall–Kier alpha value is -0.260. The third-order valence-corrected chi connectivity index (χ3v) is 4.68. The van der Waals surface area contributed by atoms with E-state index in [4.69, 9.17) is 11.6 Å². The lowest BCUT2D eigenvalue weighted by molar-refractivity contribution is 0.530. The molecule has 0 aliphatic rings. The highest BCUT2D eigenvalue weighted by Gasteiger charge is 2.14. The zero-order chi connectivity index (χ0) is 14.0. The van der Waals surface area contributed by atoms with Crippen molar-refractivity contribution in [2.45, 2.75) is 19.3 Å². The minimum Gasteiger partial charge on any atom is -0.327 e. The van der Waals surface area contributed by atoms with Crippen molar-refractivity contribution in [1.29, 1.82) is 0 Å². The maximum Gasteiger partial charge on any atom is 0.139 e. The fourth-order valence-corrected chi connectivity index (χ4v) is 3.33. The number of aromatic nitrogens is 2. The van der Waals surface area contributed by atoms with Gasteiger partial charge in [0, 0.05) is 12.6 Å². The lowest BCUT2D eigenvalue weighted by Crippen LogP contribution is -2.12. The Morgan fingerprint density at radius 2 is 2.26 bits per heavy atom. The number of fused-ring (bicyclic) bond motifs is 1. The summed E-state index contributed by atoms with van der Waals surface area (Å²) in [7, 11) is 0. The van der Waals surface area contributed by atoms with Gasteiger partial charge >= 0.3 is 0 Å². The summed E-state index contributed by atoms with van der Waals surface area (Å²) in [6, 6.07) is 3.23. The van der Waals surface area contributed by atoms with Gasteiger partial charge in [-0.15, -0.1) is 11.6 Å². The zero-order valence-electron chi connectivity index (χ0n) is 10.8. The molecule has 0 radical (unpaired) electrons. The number of hydrogen-bond donors (Lipinski definition) is 0. The average molecular weight is 366 g/mol. The van der Waals surface area contributed by atoms with Gasteiger partial charge in [-0.2, -0.15) is 11.8 Å². The number of alkyl halides is 1. The lowest BCUT2D eigenvalue weighted by atomic mass is 10.2. The summed E-state index contributed by atoms with van der Waals surface area (Å²) >= 11 is 11.0. The van der Waals surface area contributed by atoms with Crippen LogP contribution in [0.2, 0.25) is 0 Å². The van der Waals surface area contributed by atoms with Gasteiger partial charge in [0.25, 0.3) is 0 Å². The molecule has 0 aliphatic carbocycles. The van der Waals surface area contributed by atoms with Gasteiger partial charge < -0.3 is 4.57 Å². The molecule has 2 nitrogen and oxygen atoms in total. The van der Waals surface area contributed by atoms with E-state index in [-0.39, 0.29) is 5.82 Å². The van der Waals surface area contributed by atoms with Gasteiger partial charge in [0.1, 0.15) is 11.6 Å². The number of benzene rings is 1. The third kappa shape index (κ3) is 3.26. The SMILES string of the molecule is CSCC(C)Cn1c(CCl)nc2cc(F)c(Br)cc21. The van der Waals surface area contributed by atoms with Gasteiger partial charge in [0.15, 0.2) is 0 Å². The summed E-state index contributed by atoms with van der Waals surface area (Å²) in [5.74, 6) is 2.42. The second-order valence-electron chi connectivity index (χ2n) is 4.59. The number of nitrogens with zero attached hydrogens (tertiary/aromatic N) is 2. The molecule has 0 amide bonds. The highest BCUT2D eigenvalue weighted by atomic mass is 79.9. The molecule has 1 atom stereocenters. The van der Waals surface area contributed by atoms with E-state index in [9.17, 15) is 4.39 Å². The molecule has 2 rings (SSSR count). The van der Waals surface area contributed by atoms with E-state index in [2.05, 4.69) is 38.7 Å². The number of halogens is 3. The molecule has 1 aromatic carbocycles. The third-order valence-electron chi connectivity index (χ3n) is 2.93. The lowest BCUT2D eigenvalue weighted by Gasteiger charge is -2.13. The summed E-state index contributed by atoms with van der Waals surface area (Å²) in [6.07, 6.45) is 2.09. The van der Waals surface area contributed by atoms with Crippen molar-refractivity contribution in [1.82, 2.24) is 9.55 Å². The van der Waals surface area contributed by atoms with Crippen LogP contribution in [0, 0.1) is 11.7 Å². The van der Waals surface area contributed by atoms with E-state index in [1.807, 2.05) is 11.8 Å². The van der Waals surface area contributed by atoms with E-state index < -0.39 is 0 Å². The molecule has 6 heteroatoms. The first-order valence-corrected chi connectivity index (χ1v) is 8.68. The Morgan fingerprint density at radius 1 is 1.53 bits per heavy atom. The van der Waals surface area contributed by atoms with Gasteiger partial charge in [-0.05, 0) is 39.9 Å². The van der Waals surface area contributed by atoms with Crippen molar-refractivity contribution >= 4 is 50.3 Å². The maximum atomic E-state index is 13.5. The highest BCUT2D eigenvalue weighted by molar-refractivity contribution is 9.10. The molecule has 19 heavy (non-hydrogen) atoms. The number of hydrogen-bond acceptors (Lipinski definition) is 2. The molecule has 0 saturated heterocycles. The summed E-state index contributed by atoms with van der Waals surface area (Å²) in [4.78, 5) is 4.41. The Kier molecular flexibility index (Phi) is 5.15. The topological polar surface area (TPSA) is 17.8 Å². The molecule has 1 unspecified atom stereocenters. The van der Waals surface area contributed by atoms with Crippen LogP contribution < -0.4 is 0 Å². The van der Waals surface area contributed by atoms with Crippen LogP contribution in [0.15, 0.2) is 16.6 Å². The number of thioether (sulfide) groups is 1.